The van der Waals surface area contributed by atoms with E-state index in [9.17, 15) is 14.9 Å². The zero-order valence-electron chi connectivity index (χ0n) is 12.8. The molecule has 0 aliphatic rings. The van der Waals surface area contributed by atoms with E-state index in [1.54, 1.807) is 38.4 Å². The number of ether oxygens (including phenoxy) is 1. The molecule has 1 aromatic carbocycles. The monoisotopic (exact) mass is 317 g/mol. The third-order valence-corrected chi connectivity index (χ3v) is 2.98. The minimum absolute atomic E-state index is 0.0690. The first-order valence-corrected chi connectivity index (χ1v) is 6.56. The van der Waals surface area contributed by atoms with E-state index in [4.69, 9.17) is 0 Å². The molecule has 0 fully saturated rings. The molecule has 0 aliphatic carbocycles. The Kier molecular flexibility index (Phi) is 4.69. The van der Waals surface area contributed by atoms with Crippen LogP contribution in [0.25, 0.3) is 0 Å². The minimum atomic E-state index is -0.541. The first-order chi connectivity index (χ1) is 10.9. The van der Waals surface area contributed by atoms with Gasteiger partial charge >= 0.3 is 11.7 Å². The Balaban J connectivity index is 2.35. The van der Waals surface area contributed by atoms with E-state index in [1.807, 2.05) is 0 Å². The lowest BCUT2D eigenvalue weighted by Gasteiger charge is -2.13. The van der Waals surface area contributed by atoms with Gasteiger partial charge < -0.3 is 15.0 Å². The van der Waals surface area contributed by atoms with Crippen LogP contribution in [-0.2, 0) is 4.74 Å². The van der Waals surface area contributed by atoms with E-state index >= 15 is 0 Å². The molecule has 0 unspecified atom stereocenters. The van der Waals surface area contributed by atoms with Gasteiger partial charge in [0.05, 0.1) is 17.6 Å². The van der Waals surface area contributed by atoms with Crippen LogP contribution in [0.5, 0.6) is 0 Å². The number of carbonyl (C=O) groups excluding carboxylic acids is 1. The standard InChI is InChI=1S/C14H15N5O4/c1-18(2)13-11(19(21)22)12(15-8-16-13)17-10-6-4-9(5-7-10)14(20)23-3/h4-8H,1-3H3,(H,15,16,17). The zero-order chi connectivity index (χ0) is 17.0. The summed E-state index contributed by atoms with van der Waals surface area (Å²) in [5.74, 6) is -0.197. The van der Waals surface area contributed by atoms with Crippen molar-refractivity contribution in [2.45, 2.75) is 0 Å². The first kappa shape index (κ1) is 16.1. The summed E-state index contributed by atoms with van der Waals surface area (Å²) < 4.78 is 4.61. The number of hydrogen-bond donors (Lipinski definition) is 1. The fraction of sp³-hybridized carbons (Fsp3) is 0.214. The van der Waals surface area contributed by atoms with Crippen molar-refractivity contribution in [1.29, 1.82) is 0 Å². The van der Waals surface area contributed by atoms with Gasteiger partial charge in [-0.3, -0.25) is 10.1 Å². The van der Waals surface area contributed by atoms with E-state index in [-0.39, 0.29) is 17.3 Å². The maximum atomic E-state index is 11.4. The first-order valence-electron chi connectivity index (χ1n) is 6.56. The van der Waals surface area contributed by atoms with Gasteiger partial charge in [-0.1, -0.05) is 0 Å². The third kappa shape index (κ3) is 3.51. The molecule has 0 atom stereocenters. The molecule has 9 heteroatoms. The smallest absolute Gasteiger partial charge is 0.353 e. The Morgan fingerprint density at radius 2 is 1.91 bits per heavy atom. The predicted molar refractivity (Wildman–Crippen MR) is 84.1 cm³/mol. The Morgan fingerprint density at radius 3 is 2.43 bits per heavy atom. The number of benzene rings is 1. The Hall–Kier alpha value is -3.23. The fourth-order valence-corrected chi connectivity index (χ4v) is 1.90. The predicted octanol–water partition coefficient (Wildman–Crippen LogP) is 1.98. The molecular weight excluding hydrogens is 302 g/mol. The second kappa shape index (κ2) is 6.69. The lowest BCUT2D eigenvalue weighted by atomic mass is 10.2. The molecule has 0 bridgehead atoms. The highest BCUT2D eigenvalue weighted by molar-refractivity contribution is 5.89. The molecule has 23 heavy (non-hydrogen) atoms. The summed E-state index contributed by atoms with van der Waals surface area (Å²) in [5, 5.41) is 14.2. The lowest BCUT2D eigenvalue weighted by Crippen LogP contribution is -2.14. The van der Waals surface area contributed by atoms with Crippen molar-refractivity contribution in [3.8, 4) is 0 Å². The quantitative estimate of drug-likeness (QED) is 0.506. The lowest BCUT2D eigenvalue weighted by molar-refractivity contribution is -0.383. The van der Waals surface area contributed by atoms with Crippen LogP contribution in [0.15, 0.2) is 30.6 Å². The second-order valence-corrected chi connectivity index (χ2v) is 4.74. The number of nitrogens with zero attached hydrogens (tertiary/aromatic N) is 4. The highest BCUT2D eigenvalue weighted by Crippen LogP contribution is 2.32. The Bertz CT molecular complexity index is 730. The van der Waals surface area contributed by atoms with Crippen LogP contribution in [0.1, 0.15) is 10.4 Å². The Labute approximate surface area is 132 Å². The van der Waals surface area contributed by atoms with Crippen molar-refractivity contribution in [2.75, 3.05) is 31.4 Å². The number of esters is 1. The van der Waals surface area contributed by atoms with Gasteiger partial charge in [-0.05, 0) is 24.3 Å². The molecular formula is C14H15N5O4. The minimum Gasteiger partial charge on any atom is -0.465 e. The highest BCUT2D eigenvalue weighted by atomic mass is 16.6. The van der Waals surface area contributed by atoms with E-state index in [0.29, 0.717) is 11.3 Å². The summed E-state index contributed by atoms with van der Waals surface area (Å²) in [4.78, 5) is 31.5. The van der Waals surface area contributed by atoms with Crippen LogP contribution < -0.4 is 10.2 Å². The molecule has 0 spiro atoms. The average molecular weight is 317 g/mol. The topological polar surface area (TPSA) is 110 Å². The third-order valence-electron chi connectivity index (χ3n) is 2.98. The molecule has 2 aromatic rings. The molecule has 0 amide bonds. The van der Waals surface area contributed by atoms with Crippen LogP contribution in [0, 0.1) is 10.1 Å². The number of carbonyl (C=O) groups is 1. The van der Waals surface area contributed by atoms with Gasteiger partial charge in [-0.15, -0.1) is 0 Å². The summed E-state index contributed by atoms with van der Waals surface area (Å²) in [6, 6.07) is 6.31. The number of aromatic nitrogens is 2. The summed E-state index contributed by atoms with van der Waals surface area (Å²) >= 11 is 0. The van der Waals surface area contributed by atoms with E-state index in [0.717, 1.165) is 0 Å². The Morgan fingerprint density at radius 1 is 1.26 bits per heavy atom. The number of hydrogen-bond acceptors (Lipinski definition) is 8. The fourth-order valence-electron chi connectivity index (χ4n) is 1.90. The van der Waals surface area contributed by atoms with Gasteiger partial charge in [0, 0.05) is 19.8 Å². The van der Waals surface area contributed by atoms with Crippen LogP contribution in [0.2, 0.25) is 0 Å². The molecule has 120 valence electrons. The largest absolute Gasteiger partial charge is 0.465 e. The van der Waals surface area contributed by atoms with Gasteiger partial charge in [0.15, 0.2) is 0 Å². The van der Waals surface area contributed by atoms with Gasteiger partial charge in [-0.2, -0.15) is 0 Å². The van der Waals surface area contributed by atoms with E-state index < -0.39 is 10.9 Å². The maximum Gasteiger partial charge on any atom is 0.353 e. The molecule has 0 saturated heterocycles. The van der Waals surface area contributed by atoms with Crippen molar-refractivity contribution < 1.29 is 14.5 Å². The number of nitro groups is 1. The molecule has 0 aliphatic heterocycles. The molecule has 1 heterocycles. The molecule has 0 saturated carbocycles. The van der Waals surface area contributed by atoms with Crippen LogP contribution in [0.3, 0.4) is 0 Å². The van der Waals surface area contributed by atoms with Gasteiger partial charge in [-0.25, -0.2) is 14.8 Å². The van der Waals surface area contributed by atoms with Gasteiger partial charge in [0.2, 0.25) is 11.6 Å². The van der Waals surface area contributed by atoms with Crippen molar-refractivity contribution in [1.82, 2.24) is 9.97 Å². The number of methoxy groups -OCH3 is 1. The van der Waals surface area contributed by atoms with Crippen molar-refractivity contribution in [3.05, 3.63) is 46.3 Å². The zero-order valence-corrected chi connectivity index (χ0v) is 12.8. The molecule has 1 N–H and O–H groups in total. The molecule has 1 aromatic heterocycles. The summed E-state index contributed by atoms with van der Waals surface area (Å²) in [6.45, 7) is 0. The van der Waals surface area contributed by atoms with Crippen LogP contribution in [-0.4, -0.2) is 42.1 Å². The van der Waals surface area contributed by atoms with Gasteiger partial charge in [0.1, 0.15) is 6.33 Å². The van der Waals surface area contributed by atoms with Crippen LogP contribution >= 0.6 is 0 Å². The number of nitrogens with one attached hydrogen (secondary N) is 1. The number of rotatable bonds is 5. The SMILES string of the molecule is COC(=O)c1ccc(Nc2ncnc(N(C)C)c2[N+](=O)[O-])cc1. The molecule has 0 radical (unpaired) electrons. The molecule has 2 rings (SSSR count). The van der Waals surface area contributed by atoms with E-state index in [1.165, 1.54) is 18.3 Å². The maximum absolute atomic E-state index is 11.4. The van der Waals surface area contributed by atoms with Crippen molar-refractivity contribution in [2.24, 2.45) is 0 Å². The summed E-state index contributed by atoms with van der Waals surface area (Å²) in [6.07, 6.45) is 1.24. The second-order valence-electron chi connectivity index (χ2n) is 4.74. The van der Waals surface area contributed by atoms with Crippen molar-refractivity contribution in [3.63, 3.8) is 0 Å². The van der Waals surface area contributed by atoms with Gasteiger partial charge in [0.25, 0.3) is 0 Å². The molecule has 9 nitrogen and oxygen atoms in total. The highest BCUT2D eigenvalue weighted by Gasteiger charge is 2.24. The average Bonchev–Trinajstić information content (AvgIpc) is 2.54. The van der Waals surface area contributed by atoms with Crippen LogP contribution in [0.4, 0.5) is 23.0 Å². The number of anilines is 3. The van der Waals surface area contributed by atoms with E-state index in [2.05, 4.69) is 20.0 Å². The summed E-state index contributed by atoms with van der Waals surface area (Å²) in [5.41, 5.74) is 0.697. The summed E-state index contributed by atoms with van der Waals surface area (Å²) in [7, 11) is 4.61. The normalized spacial score (nSPS) is 10.0. The van der Waals surface area contributed by atoms with Crippen molar-refractivity contribution >= 4 is 29.0 Å².